The Balaban J connectivity index is 2.45. The first kappa shape index (κ1) is 21.5. The molecule has 0 fully saturated rings. The molecule has 0 radical (unpaired) electrons. The molecule has 0 aliphatic rings. The van der Waals surface area contributed by atoms with E-state index in [0.717, 1.165) is 6.26 Å². The molecule has 0 N–H and O–H groups in total. The Morgan fingerprint density at radius 2 is 1.63 bits per heavy atom. The van der Waals surface area contributed by atoms with Crippen LogP contribution in [0.3, 0.4) is 0 Å². The van der Waals surface area contributed by atoms with Crippen molar-refractivity contribution in [2.45, 2.75) is 0 Å². The number of anilines is 1. The van der Waals surface area contributed by atoms with Gasteiger partial charge in [0.05, 0.1) is 18.2 Å². The third-order valence-electron chi connectivity index (χ3n) is 4.26. The number of nitriles is 1. The van der Waals surface area contributed by atoms with E-state index in [0.29, 0.717) is 17.4 Å². The molecule has 0 saturated heterocycles. The Kier molecular flexibility index (Phi) is 5.42. The van der Waals surface area contributed by atoms with Crippen molar-refractivity contribution in [3.8, 4) is 17.2 Å². The molecule has 0 saturated carbocycles. The van der Waals surface area contributed by atoms with Gasteiger partial charge in [0, 0.05) is 23.4 Å². The van der Waals surface area contributed by atoms with E-state index in [1.54, 1.807) is 30.3 Å². The van der Waals surface area contributed by atoms with Crippen molar-refractivity contribution in [2.24, 2.45) is 7.05 Å². The first-order valence-electron chi connectivity index (χ1n) is 8.46. The van der Waals surface area contributed by atoms with Gasteiger partial charge in [0.25, 0.3) is 25.7 Å². The molecule has 0 unspecified atom stereocenters. The maximum absolute atomic E-state index is 12.8. The minimum atomic E-state index is -4.17. The third-order valence-corrected chi connectivity index (χ3v) is 5.67. The number of hydrogen-bond acceptors (Lipinski definition) is 7. The van der Waals surface area contributed by atoms with E-state index in [1.165, 1.54) is 29.8 Å². The minimum absolute atomic E-state index is 0.0748. The molecule has 0 aliphatic heterocycles. The van der Waals surface area contributed by atoms with E-state index in [1.807, 2.05) is 6.07 Å². The Hall–Kier alpha value is -3.20. The molecule has 11 heteroatoms. The summed E-state index contributed by atoms with van der Waals surface area (Å²) in [5.74, 6) is 0. The molecule has 3 aromatic rings. The highest BCUT2D eigenvalue weighted by Gasteiger charge is 2.25. The second-order valence-electron chi connectivity index (χ2n) is 6.56. The first-order valence-corrected chi connectivity index (χ1v) is 12.1. The van der Waals surface area contributed by atoms with Crippen LogP contribution in [0, 0.1) is 11.3 Å². The average Bonchev–Trinajstić information content (AvgIpc) is 2.67. The van der Waals surface area contributed by atoms with Crippen LogP contribution in [0.4, 0.5) is 5.69 Å². The summed E-state index contributed by atoms with van der Waals surface area (Å²) < 4.78 is 53.6. The molecule has 0 atom stereocenters. The van der Waals surface area contributed by atoms with Gasteiger partial charge in [-0.25, -0.2) is 8.42 Å². The van der Waals surface area contributed by atoms with E-state index >= 15 is 0 Å². The molecule has 2 aromatic carbocycles. The van der Waals surface area contributed by atoms with E-state index in [-0.39, 0.29) is 26.6 Å². The second kappa shape index (κ2) is 7.56. The summed E-state index contributed by atoms with van der Waals surface area (Å²) >= 11 is 0. The number of aromatic nitrogens is 1. The zero-order valence-corrected chi connectivity index (χ0v) is 17.9. The zero-order chi connectivity index (χ0) is 22.3. The van der Waals surface area contributed by atoms with Crippen LogP contribution in [-0.4, -0.2) is 33.9 Å². The first-order chi connectivity index (χ1) is 13.9. The molecule has 9 nitrogen and oxygen atoms in total. The van der Waals surface area contributed by atoms with Gasteiger partial charge in [-0.15, -0.1) is 8.75 Å². The SMILES string of the molecule is Cn1c(C#N)c(-c2ccccc2)c2cc(N(OS(C)(=O)=O)S(C)(=O)=O)ccc2c1=O. The van der Waals surface area contributed by atoms with Gasteiger partial charge in [-0.1, -0.05) is 30.3 Å². The molecular formula is C19H17N3O6S2. The van der Waals surface area contributed by atoms with Crippen molar-refractivity contribution in [1.29, 1.82) is 5.26 Å². The summed E-state index contributed by atoms with van der Waals surface area (Å²) in [6.07, 6.45) is 1.50. The summed E-state index contributed by atoms with van der Waals surface area (Å²) in [6.45, 7) is 0. The van der Waals surface area contributed by atoms with Crippen molar-refractivity contribution >= 4 is 36.6 Å². The highest BCUT2D eigenvalue weighted by Crippen LogP contribution is 2.33. The third kappa shape index (κ3) is 4.06. The number of sulfonamides is 1. The van der Waals surface area contributed by atoms with Crippen molar-refractivity contribution in [3.63, 3.8) is 0 Å². The number of pyridine rings is 1. The van der Waals surface area contributed by atoms with Gasteiger partial charge in [-0.2, -0.15) is 13.7 Å². The highest BCUT2D eigenvalue weighted by molar-refractivity contribution is 7.93. The number of benzene rings is 2. The molecular weight excluding hydrogens is 430 g/mol. The summed E-state index contributed by atoms with van der Waals surface area (Å²) in [7, 11) is -6.85. The standard InChI is InChI=1S/C19H17N3O6S2/c1-21-17(12-20)18(13-7-5-4-6-8-13)16-11-14(9-10-15(16)19(21)23)22(29(2,24)25)28-30(3,26)27/h4-11H,1-3H3. The fraction of sp³-hybridized carbons (Fsp3) is 0.158. The van der Waals surface area contributed by atoms with Crippen LogP contribution in [0.1, 0.15) is 5.69 Å². The topological polar surface area (TPSA) is 127 Å². The van der Waals surface area contributed by atoms with Gasteiger partial charge in [-0.05, 0) is 23.8 Å². The van der Waals surface area contributed by atoms with Crippen molar-refractivity contribution in [2.75, 3.05) is 17.0 Å². The van der Waals surface area contributed by atoms with E-state index in [2.05, 4.69) is 4.28 Å². The normalized spacial score (nSPS) is 11.9. The van der Waals surface area contributed by atoms with Crippen molar-refractivity contribution in [1.82, 2.24) is 4.57 Å². The van der Waals surface area contributed by atoms with E-state index < -0.39 is 25.7 Å². The fourth-order valence-corrected chi connectivity index (χ4v) is 4.66. The smallest absolute Gasteiger partial charge is 0.286 e. The monoisotopic (exact) mass is 447 g/mol. The predicted octanol–water partition coefficient (Wildman–Crippen LogP) is 1.73. The summed E-state index contributed by atoms with van der Waals surface area (Å²) in [5, 5.41) is 10.2. The van der Waals surface area contributed by atoms with Crippen LogP contribution in [0.5, 0.6) is 0 Å². The highest BCUT2D eigenvalue weighted by atomic mass is 32.2. The molecule has 1 heterocycles. The van der Waals surface area contributed by atoms with Crippen molar-refractivity contribution < 1.29 is 21.1 Å². The average molecular weight is 447 g/mol. The Morgan fingerprint density at radius 3 is 2.17 bits per heavy atom. The fourth-order valence-electron chi connectivity index (χ4n) is 3.06. The number of hydrogen-bond donors (Lipinski definition) is 0. The van der Waals surface area contributed by atoms with Crippen LogP contribution in [-0.2, 0) is 31.5 Å². The summed E-state index contributed by atoms with van der Waals surface area (Å²) in [6, 6.07) is 14.7. The quantitative estimate of drug-likeness (QED) is 0.545. The predicted molar refractivity (Wildman–Crippen MR) is 113 cm³/mol. The largest absolute Gasteiger partial charge is 0.302 e. The Bertz CT molecular complexity index is 1450. The molecule has 0 amide bonds. The molecule has 0 spiro atoms. The minimum Gasteiger partial charge on any atom is -0.302 e. The Labute approximate surface area is 173 Å². The summed E-state index contributed by atoms with van der Waals surface area (Å²) in [4.78, 5) is 12.8. The lowest BCUT2D eigenvalue weighted by molar-refractivity contribution is 0.340. The molecule has 3 rings (SSSR count). The maximum atomic E-state index is 12.8. The number of fused-ring (bicyclic) bond motifs is 1. The second-order valence-corrected chi connectivity index (χ2v) is 9.92. The molecule has 1 aromatic heterocycles. The van der Waals surface area contributed by atoms with Crippen LogP contribution >= 0.6 is 0 Å². The van der Waals surface area contributed by atoms with Crippen LogP contribution in [0.15, 0.2) is 53.3 Å². The molecule has 30 heavy (non-hydrogen) atoms. The van der Waals surface area contributed by atoms with Gasteiger partial charge in [0.1, 0.15) is 11.8 Å². The van der Waals surface area contributed by atoms with Gasteiger partial charge >= 0.3 is 0 Å². The Morgan fingerprint density at radius 1 is 1.00 bits per heavy atom. The number of rotatable bonds is 5. The van der Waals surface area contributed by atoms with Gasteiger partial charge < -0.3 is 4.57 Å². The van der Waals surface area contributed by atoms with Crippen LogP contribution in [0.2, 0.25) is 0 Å². The van der Waals surface area contributed by atoms with Crippen molar-refractivity contribution in [3.05, 3.63) is 64.6 Å². The summed E-state index contributed by atoms with van der Waals surface area (Å²) in [5.41, 5.74) is 0.518. The van der Waals surface area contributed by atoms with Crippen LogP contribution in [0.25, 0.3) is 21.9 Å². The van der Waals surface area contributed by atoms with Gasteiger partial charge in [0.15, 0.2) is 0 Å². The lowest BCUT2D eigenvalue weighted by Gasteiger charge is -2.21. The van der Waals surface area contributed by atoms with Crippen LogP contribution < -0.4 is 10.0 Å². The van der Waals surface area contributed by atoms with Gasteiger partial charge in [0.2, 0.25) is 0 Å². The van der Waals surface area contributed by atoms with E-state index in [4.69, 9.17) is 0 Å². The molecule has 0 aliphatic carbocycles. The molecule has 156 valence electrons. The van der Waals surface area contributed by atoms with Gasteiger partial charge in [-0.3, -0.25) is 4.79 Å². The molecule has 0 bridgehead atoms. The maximum Gasteiger partial charge on any atom is 0.286 e. The number of nitrogens with zero attached hydrogens (tertiary/aromatic N) is 3. The lowest BCUT2D eigenvalue weighted by atomic mass is 9.97. The van der Waals surface area contributed by atoms with E-state index in [9.17, 15) is 26.9 Å². The lowest BCUT2D eigenvalue weighted by Crippen LogP contribution is -2.32. The zero-order valence-electron chi connectivity index (χ0n) is 16.2.